The Morgan fingerprint density at radius 2 is 2.21 bits per heavy atom. The molecule has 0 spiro atoms. The smallest absolute Gasteiger partial charge is 0.123 e. The van der Waals surface area contributed by atoms with Crippen LogP contribution in [0.3, 0.4) is 0 Å². The van der Waals surface area contributed by atoms with Crippen molar-refractivity contribution in [3.8, 4) is 0 Å². The molecule has 3 unspecified atom stereocenters. The lowest BCUT2D eigenvalue weighted by molar-refractivity contribution is 0.194. The van der Waals surface area contributed by atoms with Gasteiger partial charge < -0.3 is 5.32 Å². The largest absolute Gasteiger partial charge is 0.317 e. The van der Waals surface area contributed by atoms with Gasteiger partial charge in [-0.3, -0.25) is 0 Å². The van der Waals surface area contributed by atoms with Gasteiger partial charge in [0.05, 0.1) is 0 Å². The Morgan fingerprint density at radius 1 is 1.43 bits per heavy atom. The van der Waals surface area contributed by atoms with Crippen LogP contribution in [0.1, 0.15) is 24.8 Å². The Labute approximate surface area is 84.3 Å². The Bertz CT molecular complexity index is 324. The van der Waals surface area contributed by atoms with Crippen molar-refractivity contribution in [2.75, 3.05) is 7.05 Å². The highest BCUT2D eigenvalue weighted by Crippen LogP contribution is 2.42. The summed E-state index contributed by atoms with van der Waals surface area (Å²) >= 11 is 0. The quantitative estimate of drug-likeness (QED) is 0.761. The second-order valence-corrected chi connectivity index (χ2v) is 4.15. The van der Waals surface area contributed by atoms with E-state index in [2.05, 4.69) is 12.2 Å². The minimum atomic E-state index is -0.123. The van der Waals surface area contributed by atoms with Crippen LogP contribution in [0.5, 0.6) is 0 Å². The zero-order valence-electron chi connectivity index (χ0n) is 8.63. The van der Waals surface area contributed by atoms with Gasteiger partial charge in [-0.2, -0.15) is 0 Å². The number of halogens is 1. The maximum atomic E-state index is 13.0. The van der Waals surface area contributed by atoms with E-state index >= 15 is 0 Å². The van der Waals surface area contributed by atoms with Crippen molar-refractivity contribution in [3.05, 3.63) is 35.6 Å². The van der Waals surface area contributed by atoms with Crippen molar-refractivity contribution in [3.63, 3.8) is 0 Å². The number of hydrogen-bond acceptors (Lipinski definition) is 1. The van der Waals surface area contributed by atoms with E-state index in [0.717, 1.165) is 12.0 Å². The van der Waals surface area contributed by atoms with E-state index in [-0.39, 0.29) is 5.82 Å². The summed E-state index contributed by atoms with van der Waals surface area (Å²) in [5.41, 5.74) is 1.14. The molecule has 0 heterocycles. The van der Waals surface area contributed by atoms with Gasteiger partial charge in [0.25, 0.3) is 0 Å². The van der Waals surface area contributed by atoms with Gasteiger partial charge in [-0.25, -0.2) is 4.39 Å². The molecule has 0 aliphatic heterocycles. The zero-order valence-corrected chi connectivity index (χ0v) is 8.63. The standard InChI is InChI=1S/C12H16FN/c1-8-11(7-12(8)14-2)9-4-3-5-10(13)6-9/h3-6,8,11-12,14H,7H2,1-2H3. The van der Waals surface area contributed by atoms with Crippen LogP contribution < -0.4 is 5.32 Å². The van der Waals surface area contributed by atoms with Crippen LogP contribution in [0.25, 0.3) is 0 Å². The summed E-state index contributed by atoms with van der Waals surface area (Å²) in [4.78, 5) is 0. The van der Waals surface area contributed by atoms with E-state index in [4.69, 9.17) is 0 Å². The third-order valence-electron chi connectivity index (χ3n) is 3.42. The fourth-order valence-electron chi connectivity index (χ4n) is 2.35. The Balaban J connectivity index is 2.11. The van der Waals surface area contributed by atoms with Gasteiger partial charge in [0, 0.05) is 6.04 Å². The fraction of sp³-hybridized carbons (Fsp3) is 0.500. The molecule has 14 heavy (non-hydrogen) atoms. The van der Waals surface area contributed by atoms with E-state index in [1.165, 1.54) is 6.07 Å². The highest BCUT2D eigenvalue weighted by atomic mass is 19.1. The number of benzene rings is 1. The van der Waals surface area contributed by atoms with Crippen LogP contribution in [-0.2, 0) is 0 Å². The van der Waals surface area contributed by atoms with Crippen molar-refractivity contribution < 1.29 is 4.39 Å². The third-order valence-corrected chi connectivity index (χ3v) is 3.42. The van der Waals surface area contributed by atoms with Gasteiger partial charge in [0.2, 0.25) is 0 Å². The van der Waals surface area contributed by atoms with Crippen LogP contribution in [0.4, 0.5) is 4.39 Å². The van der Waals surface area contributed by atoms with Crippen molar-refractivity contribution in [2.24, 2.45) is 5.92 Å². The van der Waals surface area contributed by atoms with Crippen LogP contribution >= 0.6 is 0 Å². The fourth-order valence-corrected chi connectivity index (χ4v) is 2.35. The number of rotatable bonds is 2. The van der Waals surface area contributed by atoms with Gasteiger partial charge in [-0.05, 0) is 43.0 Å². The molecule has 1 aliphatic carbocycles. The van der Waals surface area contributed by atoms with Gasteiger partial charge in [0.1, 0.15) is 5.82 Å². The molecule has 1 aromatic carbocycles. The first-order valence-electron chi connectivity index (χ1n) is 5.15. The molecule has 2 heteroatoms. The first-order valence-corrected chi connectivity index (χ1v) is 5.15. The molecule has 0 aromatic heterocycles. The molecule has 76 valence electrons. The average molecular weight is 193 g/mol. The third kappa shape index (κ3) is 1.55. The molecule has 2 rings (SSSR count). The molecule has 1 aliphatic rings. The lowest BCUT2D eigenvalue weighted by Crippen LogP contribution is -2.46. The van der Waals surface area contributed by atoms with Crippen molar-refractivity contribution in [2.45, 2.75) is 25.3 Å². The summed E-state index contributed by atoms with van der Waals surface area (Å²) in [6.45, 7) is 2.22. The van der Waals surface area contributed by atoms with Gasteiger partial charge in [-0.15, -0.1) is 0 Å². The summed E-state index contributed by atoms with van der Waals surface area (Å²) in [6, 6.07) is 7.58. The normalized spacial score (nSPS) is 31.2. The van der Waals surface area contributed by atoms with Gasteiger partial charge in [-0.1, -0.05) is 19.1 Å². The Hall–Kier alpha value is -0.890. The molecular formula is C12H16FN. The van der Waals surface area contributed by atoms with E-state index < -0.39 is 0 Å². The minimum absolute atomic E-state index is 0.123. The van der Waals surface area contributed by atoms with Crippen LogP contribution in [0, 0.1) is 11.7 Å². The number of hydrogen-bond donors (Lipinski definition) is 1. The topological polar surface area (TPSA) is 12.0 Å². The lowest BCUT2D eigenvalue weighted by atomic mass is 9.67. The van der Waals surface area contributed by atoms with E-state index in [9.17, 15) is 4.39 Å². The first kappa shape index (κ1) is 9.66. The molecule has 1 N–H and O–H groups in total. The van der Waals surface area contributed by atoms with Crippen molar-refractivity contribution in [1.29, 1.82) is 0 Å². The molecule has 0 bridgehead atoms. The predicted octanol–water partition coefficient (Wildman–Crippen LogP) is 2.54. The van der Waals surface area contributed by atoms with E-state index in [0.29, 0.717) is 17.9 Å². The lowest BCUT2D eigenvalue weighted by Gasteiger charge is -2.43. The summed E-state index contributed by atoms with van der Waals surface area (Å²) in [6.07, 6.45) is 1.13. The van der Waals surface area contributed by atoms with Crippen molar-refractivity contribution in [1.82, 2.24) is 5.32 Å². The monoisotopic (exact) mass is 193 g/mol. The summed E-state index contributed by atoms with van der Waals surface area (Å²) in [7, 11) is 1.99. The molecule has 3 atom stereocenters. The van der Waals surface area contributed by atoms with Crippen molar-refractivity contribution >= 4 is 0 Å². The van der Waals surface area contributed by atoms with Gasteiger partial charge in [0.15, 0.2) is 0 Å². The zero-order chi connectivity index (χ0) is 10.1. The van der Waals surface area contributed by atoms with E-state index in [1.54, 1.807) is 12.1 Å². The molecule has 1 aromatic rings. The Kier molecular flexibility index (Phi) is 2.55. The molecule has 0 saturated heterocycles. The molecule has 0 amide bonds. The highest BCUT2D eigenvalue weighted by molar-refractivity contribution is 5.25. The average Bonchev–Trinajstić information content (AvgIpc) is 2.16. The summed E-state index contributed by atoms with van der Waals surface area (Å²) < 4.78 is 13.0. The summed E-state index contributed by atoms with van der Waals surface area (Å²) in [5, 5.41) is 3.27. The Morgan fingerprint density at radius 3 is 2.79 bits per heavy atom. The molecule has 1 nitrogen and oxygen atoms in total. The first-order chi connectivity index (χ1) is 6.72. The molecule has 0 radical (unpaired) electrons. The second kappa shape index (κ2) is 3.70. The molecule has 1 fully saturated rings. The van der Waals surface area contributed by atoms with Crippen LogP contribution in [0.15, 0.2) is 24.3 Å². The molecule has 1 saturated carbocycles. The summed E-state index contributed by atoms with van der Waals surface area (Å²) in [5.74, 6) is 1.02. The van der Waals surface area contributed by atoms with Crippen LogP contribution in [-0.4, -0.2) is 13.1 Å². The van der Waals surface area contributed by atoms with Gasteiger partial charge >= 0.3 is 0 Å². The SMILES string of the molecule is CNC1CC(c2cccc(F)c2)C1C. The van der Waals surface area contributed by atoms with Crippen LogP contribution in [0.2, 0.25) is 0 Å². The highest BCUT2D eigenvalue weighted by Gasteiger charge is 2.37. The molecular weight excluding hydrogens is 177 g/mol. The number of nitrogens with one attached hydrogen (secondary N) is 1. The second-order valence-electron chi connectivity index (χ2n) is 4.15. The minimum Gasteiger partial charge on any atom is -0.317 e. The maximum Gasteiger partial charge on any atom is 0.123 e. The predicted molar refractivity (Wildman–Crippen MR) is 55.8 cm³/mol. The van der Waals surface area contributed by atoms with E-state index in [1.807, 2.05) is 13.1 Å². The maximum absolute atomic E-state index is 13.0.